The Morgan fingerprint density at radius 2 is 2.15 bits per heavy atom. The highest BCUT2D eigenvalue weighted by Crippen LogP contribution is 2.44. The number of hydrogen-bond acceptors (Lipinski definition) is 3. The SMILES string of the molecule is CC(=O)NC(=S)NC[C@@H]1CC2c3cccc4c3c(cn4C)C[C@H]2N(C)C1. The number of thiocarbonyl (C=S) groups is 1. The molecule has 2 heterocycles. The zero-order valence-electron chi connectivity index (χ0n) is 15.6. The van der Waals surface area contributed by atoms with Gasteiger partial charge >= 0.3 is 0 Å². The lowest BCUT2D eigenvalue weighted by Gasteiger charge is -2.45. The van der Waals surface area contributed by atoms with Crippen molar-refractivity contribution in [1.82, 2.24) is 20.1 Å². The summed E-state index contributed by atoms with van der Waals surface area (Å²) >= 11 is 5.19. The highest BCUT2D eigenvalue weighted by atomic mass is 32.1. The van der Waals surface area contributed by atoms with Crippen LogP contribution in [-0.2, 0) is 18.3 Å². The van der Waals surface area contributed by atoms with Crippen molar-refractivity contribution >= 4 is 34.1 Å². The fraction of sp³-hybridized carbons (Fsp3) is 0.500. The quantitative estimate of drug-likeness (QED) is 0.796. The number of nitrogens with one attached hydrogen (secondary N) is 2. The lowest BCUT2D eigenvalue weighted by molar-refractivity contribution is -0.117. The summed E-state index contributed by atoms with van der Waals surface area (Å²) in [4.78, 5) is 13.6. The molecule has 5 nitrogen and oxygen atoms in total. The normalized spacial score (nSPS) is 25.0. The summed E-state index contributed by atoms with van der Waals surface area (Å²) in [6, 6.07) is 7.29. The van der Waals surface area contributed by atoms with E-state index in [1.165, 1.54) is 29.0 Å². The zero-order chi connectivity index (χ0) is 18.4. The number of carbonyl (C=O) groups is 1. The van der Waals surface area contributed by atoms with Crippen molar-refractivity contribution in [3.05, 3.63) is 35.5 Å². The van der Waals surface area contributed by atoms with Gasteiger partial charge in [-0.3, -0.25) is 4.79 Å². The summed E-state index contributed by atoms with van der Waals surface area (Å²) in [6.07, 6.45) is 4.58. The fourth-order valence-corrected chi connectivity index (χ4v) is 5.15. The molecule has 4 rings (SSSR count). The molecular formula is C20H26N4OS. The molecule has 26 heavy (non-hydrogen) atoms. The molecule has 1 aliphatic carbocycles. The van der Waals surface area contributed by atoms with Crippen LogP contribution in [0.4, 0.5) is 0 Å². The number of likely N-dealkylation sites (tertiary alicyclic amines) is 1. The van der Waals surface area contributed by atoms with Gasteiger partial charge in [-0.15, -0.1) is 0 Å². The van der Waals surface area contributed by atoms with Crippen LogP contribution in [0.1, 0.15) is 30.4 Å². The first-order valence-corrected chi connectivity index (χ1v) is 9.67. The third-order valence-electron chi connectivity index (χ3n) is 5.96. The van der Waals surface area contributed by atoms with Gasteiger partial charge in [0.1, 0.15) is 0 Å². The van der Waals surface area contributed by atoms with E-state index in [9.17, 15) is 4.79 Å². The number of rotatable bonds is 2. The maximum atomic E-state index is 11.1. The van der Waals surface area contributed by atoms with E-state index in [1.807, 2.05) is 0 Å². The number of fused-ring (bicyclic) bond motifs is 2. The molecule has 0 bridgehead atoms. The number of aromatic nitrogens is 1. The van der Waals surface area contributed by atoms with Gasteiger partial charge in [0.2, 0.25) is 5.91 Å². The summed E-state index contributed by atoms with van der Waals surface area (Å²) in [6.45, 7) is 3.33. The van der Waals surface area contributed by atoms with Gasteiger partial charge in [-0.1, -0.05) is 12.1 Å². The number of nitrogens with zero attached hydrogens (tertiary/aromatic N) is 2. The minimum absolute atomic E-state index is 0.126. The molecule has 2 N–H and O–H groups in total. The third-order valence-corrected chi connectivity index (χ3v) is 6.21. The highest BCUT2D eigenvalue weighted by molar-refractivity contribution is 7.80. The van der Waals surface area contributed by atoms with Crippen LogP contribution >= 0.6 is 12.2 Å². The van der Waals surface area contributed by atoms with Gasteiger partial charge in [0.05, 0.1) is 0 Å². The largest absolute Gasteiger partial charge is 0.362 e. The van der Waals surface area contributed by atoms with Crippen molar-refractivity contribution in [3.8, 4) is 0 Å². The van der Waals surface area contributed by atoms with Gasteiger partial charge < -0.3 is 20.1 Å². The van der Waals surface area contributed by atoms with Crippen LogP contribution in [0.25, 0.3) is 10.9 Å². The van der Waals surface area contributed by atoms with Crippen molar-refractivity contribution in [2.75, 3.05) is 20.1 Å². The van der Waals surface area contributed by atoms with Crippen LogP contribution in [0.15, 0.2) is 24.4 Å². The number of piperidine rings is 1. The Labute approximate surface area is 159 Å². The molecule has 1 aromatic carbocycles. The van der Waals surface area contributed by atoms with Crippen LogP contribution in [-0.4, -0.2) is 46.7 Å². The molecule has 138 valence electrons. The summed E-state index contributed by atoms with van der Waals surface area (Å²) in [5.74, 6) is 0.931. The first-order valence-electron chi connectivity index (χ1n) is 9.26. The second-order valence-corrected chi connectivity index (χ2v) is 8.23. The standard InChI is InChI=1S/C20H26N4OS/c1-12(25)22-20(26)21-9-13-7-16-15-5-4-6-17-19(15)14(11-24(17)3)8-18(16)23(2)10-13/h4-6,11,13,16,18H,7-10H2,1-3H3,(H2,21,22,25,26)/t13-,16?,18+/m0/s1. The molecule has 1 aliphatic heterocycles. The van der Waals surface area contributed by atoms with E-state index in [2.05, 4.69) is 58.6 Å². The molecule has 0 saturated carbocycles. The Bertz CT molecular complexity index is 874. The minimum atomic E-state index is -0.126. The van der Waals surface area contributed by atoms with Crippen molar-refractivity contribution in [2.45, 2.75) is 31.7 Å². The maximum Gasteiger partial charge on any atom is 0.222 e. The highest BCUT2D eigenvalue weighted by Gasteiger charge is 2.39. The average Bonchev–Trinajstić information content (AvgIpc) is 2.91. The second kappa shape index (κ2) is 6.67. The Morgan fingerprint density at radius 3 is 2.92 bits per heavy atom. The molecule has 3 atom stereocenters. The molecular weight excluding hydrogens is 344 g/mol. The number of carbonyl (C=O) groups excluding carboxylic acids is 1. The lowest BCUT2D eigenvalue weighted by Crippen LogP contribution is -2.51. The summed E-state index contributed by atoms with van der Waals surface area (Å²) in [5.41, 5.74) is 4.32. The van der Waals surface area contributed by atoms with Crippen molar-refractivity contribution in [1.29, 1.82) is 0 Å². The lowest BCUT2D eigenvalue weighted by atomic mass is 9.72. The number of likely N-dealkylation sites (N-methyl/N-ethyl adjacent to an activating group) is 1. The topological polar surface area (TPSA) is 49.3 Å². The van der Waals surface area contributed by atoms with Crippen LogP contribution in [0.5, 0.6) is 0 Å². The summed E-state index contributed by atoms with van der Waals surface area (Å²) in [7, 11) is 4.38. The first-order chi connectivity index (χ1) is 12.4. The number of amides is 1. The Hall–Kier alpha value is -1.92. The molecule has 0 spiro atoms. The minimum Gasteiger partial charge on any atom is -0.362 e. The molecule has 0 radical (unpaired) electrons. The van der Waals surface area contributed by atoms with Gasteiger partial charge in [-0.2, -0.15) is 0 Å². The second-order valence-electron chi connectivity index (χ2n) is 7.82. The van der Waals surface area contributed by atoms with E-state index in [4.69, 9.17) is 12.2 Å². The Kier molecular flexibility index (Phi) is 4.49. The van der Waals surface area contributed by atoms with Crippen LogP contribution in [0.3, 0.4) is 0 Å². The van der Waals surface area contributed by atoms with Crippen LogP contribution in [0, 0.1) is 5.92 Å². The van der Waals surface area contributed by atoms with E-state index in [0.29, 0.717) is 23.0 Å². The van der Waals surface area contributed by atoms with Gasteiger partial charge in [0, 0.05) is 56.1 Å². The molecule has 1 amide bonds. The average molecular weight is 371 g/mol. The smallest absolute Gasteiger partial charge is 0.222 e. The van der Waals surface area contributed by atoms with Gasteiger partial charge in [0.15, 0.2) is 5.11 Å². The zero-order valence-corrected chi connectivity index (χ0v) is 16.4. The number of aryl methyl sites for hydroxylation is 1. The summed E-state index contributed by atoms with van der Waals surface area (Å²) in [5, 5.41) is 7.76. The summed E-state index contributed by atoms with van der Waals surface area (Å²) < 4.78 is 2.26. The third kappa shape index (κ3) is 3.01. The van der Waals surface area contributed by atoms with E-state index in [1.54, 1.807) is 0 Å². The molecule has 1 fully saturated rings. The van der Waals surface area contributed by atoms with Crippen molar-refractivity contribution in [2.24, 2.45) is 13.0 Å². The molecule has 2 aromatic rings. The van der Waals surface area contributed by atoms with Gasteiger partial charge in [0.25, 0.3) is 0 Å². The van der Waals surface area contributed by atoms with Gasteiger partial charge in [-0.25, -0.2) is 0 Å². The molecule has 6 heteroatoms. The maximum absolute atomic E-state index is 11.1. The molecule has 1 saturated heterocycles. The van der Waals surface area contributed by atoms with Crippen molar-refractivity contribution < 1.29 is 4.79 Å². The fourth-order valence-electron chi connectivity index (χ4n) is 4.92. The number of hydrogen-bond donors (Lipinski definition) is 2. The number of benzene rings is 1. The van der Waals surface area contributed by atoms with E-state index in [-0.39, 0.29) is 5.91 Å². The van der Waals surface area contributed by atoms with Crippen molar-refractivity contribution in [3.63, 3.8) is 0 Å². The van der Waals surface area contributed by atoms with E-state index >= 15 is 0 Å². The van der Waals surface area contributed by atoms with Crippen LogP contribution in [0.2, 0.25) is 0 Å². The molecule has 1 aromatic heterocycles. The first kappa shape index (κ1) is 17.5. The molecule has 1 unspecified atom stereocenters. The van der Waals surface area contributed by atoms with E-state index in [0.717, 1.165) is 25.9 Å². The predicted molar refractivity (Wildman–Crippen MR) is 108 cm³/mol. The Balaban J connectivity index is 1.56. The molecule has 2 aliphatic rings. The Morgan fingerprint density at radius 1 is 1.35 bits per heavy atom. The van der Waals surface area contributed by atoms with Gasteiger partial charge in [-0.05, 0) is 55.2 Å². The van der Waals surface area contributed by atoms with Crippen LogP contribution < -0.4 is 10.6 Å². The monoisotopic (exact) mass is 370 g/mol. The van der Waals surface area contributed by atoms with E-state index < -0.39 is 0 Å². The predicted octanol–water partition coefficient (Wildman–Crippen LogP) is 2.15.